The molecule has 1 aliphatic rings. The molecule has 0 bridgehead atoms. The van der Waals surface area contributed by atoms with Crippen LogP contribution >= 0.6 is 0 Å². The van der Waals surface area contributed by atoms with Gasteiger partial charge < -0.3 is 25.4 Å². The SMILES string of the molecule is CC(=O)N[C@H]1CO[C@H](CO)[C@@H](O)[C@@H]1O.[HH]. The molecular weight excluding hydrogens is 190 g/mol. The van der Waals surface area contributed by atoms with Crippen LogP contribution in [-0.2, 0) is 9.53 Å². The van der Waals surface area contributed by atoms with E-state index in [1.165, 1.54) is 6.92 Å². The molecule has 6 heteroatoms. The van der Waals surface area contributed by atoms with Gasteiger partial charge in [-0.05, 0) is 0 Å². The molecule has 4 N–H and O–H groups in total. The minimum Gasteiger partial charge on any atom is -0.394 e. The van der Waals surface area contributed by atoms with Gasteiger partial charge in [-0.15, -0.1) is 0 Å². The lowest BCUT2D eigenvalue weighted by Gasteiger charge is -2.36. The van der Waals surface area contributed by atoms with Gasteiger partial charge in [0.2, 0.25) is 5.91 Å². The number of carbonyl (C=O) groups excluding carboxylic acids is 1. The van der Waals surface area contributed by atoms with Crippen LogP contribution in [0.3, 0.4) is 0 Å². The van der Waals surface area contributed by atoms with Gasteiger partial charge in [-0.3, -0.25) is 4.79 Å². The van der Waals surface area contributed by atoms with Crippen molar-refractivity contribution < 1.29 is 26.3 Å². The van der Waals surface area contributed by atoms with Crippen molar-refractivity contribution in [1.82, 2.24) is 5.32 Å². The Kier molecular flexibility index (Phi) is 3.82. The van der Waals surface area contributed by atoms with Crippen LogP contribution in [0.15, 0.2) is 0 Å². The number of carbonyl (C=O) groups is 1. The van der Waals surface area contributed by atoms with Gasteiger partial charge in [0.05, 0.1) is 19.3 Å². The number of hydrogen-bond donors (Lipinski definition) is 4. The van der Waals surface area contributed by atoms with Crippen LogP contribution in [0.4, 0.5) is 0 Å². The third-order valence-electron chi connectivity index (χ3n) is 2.20. The molecule has 0 saturated carbocycles. The molecule has 1 amide bonds. The van der Waals surface area contributed by atoms with Gasteiger partial charge in [0, 0.05) is 8.35 Å². The van der Waals surface area contributed by atoms with E-state index in [0.29, 0.717) is 0 Å². The number of amides is 1. The minimum atomic E-state index is -1.18. The number of aliphatic hydroxyl groups is 3. The van der Waals surface area contributed by atoms with E-state index in [4.69, 9.17) is 9.84 Å². The van der Waals surface area contributed by atoms with Gasteiger partial charge in [0.15, 0.2) is 0 Å². The summed E-state index contributed by atoms with van der Waals surface area (Å²) in [5.74, 6) is -0.299. The fourth-order valence-corrected chi connectivity index (χ4v) is 1.43. The van der Waals surface area contributed by atoms with Gasteiger partial charge in [-0.2, -0.15) is 0 Å². The molecule has 4 atom stereocenters. The maximum Gasteiger partial charge on any atom is 0.217 e. The van der Waals surface area contributed by atoms with Crippen molar-refractivity contribution in [2.45, 2.75) is 31.3 Å². The molecule has 1 saturated heterocycles. The van der Waals surface area contributed by atoms with E-state index >= 15 is 0 Å². The summed E-state index contributed by atoms with van der Waals surface area (Å²) in [4.78, 5) is 10.7. The predicted octanol–water partition coefficient (Wildman–Crippen LogP) is -2.15. The van der Waals surface area contributed by atoms with E-state index in [1.54, 1.807) is 0 Å². The number of aliphatic hydroxyl groups excluding tert-OH is 3. The molecule has 0 aromatic rings. The zero-order valence-electron chi connectivity index (χ0n) is 7.88. The lowest BCUT2D eigenvalue weighted by Crippen LogP contribution is -2.59. The Morgan fingerprint density at radius 3 is 2.71 bits per heavy atom. The van der Waals surface area contributed by atoms with Gasteiger partial charge in [0.1, 0.15) is 18.3 Å². The molecular formula is C8H17NO5. The summed E-state index contributed by atoms with van der Waals surface area (Å²) >= 11 is 0. The topological polar surface area (TPSA) is 99.0 Å². The molecule has 6 nitrogen and oxygen atoms in total. The number of rotatable bonds is 2. The molecule has 0 spiro atoms. The third-order valence-corrected chi connectivity index (χ3v) is 2.20. The first-order chi connectivity index (χ1) is 6.56. The molecule has 84 valence electrons. The Bertz CT molecular complexity index is 215. The summed E-state index contributed by atoms with van der Waals surface area (Å²) in [6.07, 6.45) is -3.06. The summed E-state index contributed by atoms with van der Waals surface area (Å²) < 4.78 is 5.05. The predicted molar refractivity (Wildman–Crippen MR) is 48.6 cm³/mol. The monoisotopic (exact) mass is 207 g/mol. The van der Waals surface area contributed by atoms with Crippen molar-refractivity contribution in [3.63, 3.8) is 0 Å². The van der Waals surface area contributed by atoms with Crippen molar-refractivity contribution in [2.75, 3.05) is 13.2 Å². The van der Waals surface area contributed by atoms with Crippen molar-refractivity contribution in [1.29, 1.82) is 0 Å². The van der Waals surface area contributed by atoms with E-state index in [2.05, 4.69) is 5.32 Å². The van der Waals surface area contributed by atoms with Crippen molar-refractivity contribution in [2.24, 2.45) is 0 Å². The molecule has 1 aliphatic heterocycles. The molecule has 1 fully saturated rings. The van der Waals surface area contributed by atoms with Crippen molar-refractivity contribution in [3.8, 4) is 0 Å². The summed E-state index contributed by atoms with van der Waals surface area (Å²) in [7, 11) is 0. The number of ether oxygens (including phenoxy) is 1. The van der Waals surface area contributed by atoms with Crippen LogP contribution in [0.5, 0.6) is 0 Å². The van der Waals surface area contributed by atoms with E-state index in [9.17, 15) is 15.0 Å². The third kappa shape index (κ3) is 2.42. The average molecular weight is 207 g/mol. The van der Waals surface area contributed by atoms with Crippen LogP contribution in [0.2, 0.25) is 0 Å². The maximum atomic E-state index is 10.7. The Hall–Kier alpha value is -0.690. The summed E-state index contributed by atoms with van der Waals surface area (Å²) in [6, 6.07) is -0.620. The molecule has 14 heavy (non-hydrogen) atoms. The molecule has 0 radical (unpaired) electrons. The normalized spacial score (nSPS) is 38.0. The maximum absolute atomic E-state index is 10.7. The largest absolute Gasteiger partial charge is 0.394 e. The Morgan fingerprint density at radius 1 is 1.57 bits per heavy atom. The van der Waals surface area contributed by atoms with Crippen molar-refractivity contribution in [3.05, 3.63) is 0 Å². The summed E-state index contributed by atoms with van der Waals surface area (Å²) in [5.41, 5.74) is 0. The molecule has 0 aromatic heterocycles. The first-order valence-corrected chi connectivity index (χ1v) is 4.42. The highest BCUT2D eigenvalue weighted by molar-refractivity contribution is 5.73. The van der Waals surface area contributed by atoms with Crippen LogP contribution in [-0.4, -0.2) is 58.8 Å². The van der Waals surface area contributed by atoms with E-state index in [-0.39, 0.29) is 20.5 Å². The molecule has 0 aromatic carbocycles. The Morgan fingerprint density at radius 2 is 2.21 bits per heavy atom. The zero-order chi connectivity index (χ0) is 10.7. The minimum absolute atomic E-state index is 0. The highest BCUT2D eigenvalue weighted by Crippen LogP contribution is 2.14. The highest BCUT2D eigenvalue weighted by Gasteiger charge is 2.38. The molecule has 0 aliphatic carbocycles. The van der Waals surface area contributed by atoms with E-state index < -0.39 is 24.4 Å². The smallest absolute Gasteiger partial charge is 0.217 e. The first kappa shape index (κ1) is 11.4. The molecule has 1 heterocycles. The van der Waals surface area contributed by atoms with E-state index in [0.717, 1.165) is 0 Å². The second kappa shape index (κ2) is 4.70. The van der Waals surface area contributed by atoms with Crippen LogP contribution in [0.25, 0.3) is 0 Å². The Balaban J connectivity index is 0.00000196. The molecule has 0 unspecified atom stereocenters. The van der Waals surface area contributed by atoms with Crippen LogP contribution in [0.1, 0.15) is 8.35 Å². The molecule has 1 rings (SSSR count). The fourth-order valence-electron chi connectivity index (χ4n) is 1.43. The Labute approximate surface area is 83.0 Å². The second-order valence-electron chi connectivity index (χ2n) is 3.34. The highest BCUT2D eigenvalue weighted by atomic mass is 16.5. The lowest BCUT2D eigenvalue weighted by molar-refractivity contribution is -0.164. The fraction of sp³-hybridized carbons (Fsp3) is 0.875. The van der Waals surface area contributed by atoms with Crippen LogP contribution in [0, 0.1) is 0 Å². The van der Waals surface area contributed by atoms with Gasteiger partial charge in [-0.25, -0.2) is 0 Å². The second-order valence-corrected chi connectivity index (χ2v) is 3.34. The van der Waals surface area contributed by atoms with Crippen molar-refractivity contribution >= 4 is 5.91 Å². The van der Waals surface area contributed by atoms with E-state index in [1.807, 2.05) is 0 Å². The standard InChI is InChI=1S/C8H15NO5.H2/c1-4(11)9-5-3-14-6(2-10)8(13)7(5)12;/h5-8,10,12-13H,2-3H2,1H3,(H,9,11);1H/t5-,6+,7+,8+;/m0./s1. The average Bonchev–Trinajstić information content (AvgIpc) is 2.13. The lowest BCUT2D eigenvalue weighted by atomic mass is 9.98. The summed E-state index contributed by atoms with van der Waals surface area (Å²) in [6.45, 7) is 1.05. The van der Waals surface area contributed by atoms with Gasteiger partial charge in [-0.1, -0.05) is 0 Å². The van der Waals surface area contributed by atoms with Crippen LogP contribution < -0.4 is 5.32 Å². The number of hydrogen-bond acceptors (Lipinski definition) is 5. The first-order valence-electron chi connectivity index (χ1n) is 4.42. The van der Waals surface area contributed by atoms with Gasteiger partial charge in [0.25, 0.3) is 0 Å². The quantitative estimate of drug-likeness (QED) is 0.414. The van der Waals surface area contributed by atoms with Gasteiger partial charge >= 0.3 is 0 Å². The zero-order valence-corrected chi connectivity index (χ0v) is 7.88. The summed E-state index contributed by atoms with van der Waals surface area (Å²) in [5, 5.41) is 30.2. The number of nitrogens with one attached hydrogen (secondary N) is 1.